The van der Waals surface area contributed by atoms with Crippen molar-refractivity contribution in [3.05, 3.63) is 53.5 Å². The molecule has 1 unspecified atom stereocenters. The van der Waals surface area contributed by atoms with Crippen molar-refractivity contribution in [3.63, 3.8) is 0 Å². The van der Waals surface area contributed by atoms with Gasteiger partial charge in [0.2, 0.25) is 5.91 Å². The van der Waals surface area contributed by atoms with Crippen LogP contribution in [0.2, 0.25) is 0 Å². The Bertz CT molecular complexity index is 792. The van der Waals surface area contributed by atoms with Crippen molar-refractivity contribution in [1.29, 1.82) is 0 Å². The minimum atomic E-state index is -3.31. The number of benzene rings is 1. The molecular weight excluding hydrogens is 290 g/mol. The Labute approximate surface area is 122 Å². The Morgan fingerprint density at radius 3 is 2.76 bits per heavy atom. The number of hydrogen-bond acceptors (Lipinski definition) is 4. The number of rotatable bonds is 3. The normalized spacial score (nSPS) is 19.2. The van der Waals surface area contributed by atoms with Crippen molar-refractivity contribution in [3.8, 4) is 0 Å². The Kier molecular flexibility index (Phi) is 3.33. The van der Waals surface area contributed by atoms with Crippen LogP contribution in [0.5, 0.6) is 0 Å². The van der Waals surface area contributed by atoms with Gasteiger partial charge < -0.3 is 9.73 Å². The molecule has 1 N–H and O–H groups in total. The van der Waals surface area contributed by atoms with E-state index in [0.717, 1.165) is 5.76 Å². The van der Waals surface area contributed by atoms with E-state index >= 15 is 0 Å². The van der Waals surface area contributed by atoms with E-state index < -0.39 is 15.9 Å². The first-order chi connectivity index (χ1) is 9.95. The lowest BCUT2D eigenvalue weighted by molar-refractivity contribution is -0.121. The van der Waals surface area contributed by atoms with Crippen LogP contribution in [0, 0.1) is 6.92 Å². The smallest absolute Gasteiger partial charge is 0.228 e. The second kappa shape index (κ2) is 5.04. The predicted octanol–water partition coefficient (Wildman–Crippen LogP) is 1.78. The summed E-state index contributed by atoms with van der Waals surface area (Å²) in [5, 5.41) is 2.77. The monoisotopic (exact) mass is 305 g/mol. The highest BCUT2D eigenvalue weighted by Crippen LogP contribution is 2.32. The third-order valence-electron chi connectivity index (χ3n) is 3.48. The minimum absolute atomic E-state index is 0.0880. The number of carbonyl (C=O) groups is 1. The molecule has 3 rings (SSSR count). The summed E-state index contributed by atoms with van der Waals surface area (Å²) in [6, 6.07) is 9.82. The van der Waals surface area contributed by atoms with Crippen LogP contribution in [0.25, 0.3) is 0 Å². The van der Waals surface area contributed by atoms with Gasteiger partial charge in [-0.05, 0) is 30.7 Å². The number of fused-ring (bicyclic) bond motifs is 1. The molecule has 2 heterocycles. The molecule has 110 valence electrons. The third kappa shape index (κ3) is 2.71. The molecule has 0 aliphatic carbocycles. The quantitative estimate of drug-likeness (QED) is 0.937. The van der Waals surface area contributed by atoms with E-state index in [1.165, 1.54) is 0 Å². The molecule has 0 fully saturated rings. The van der Waals surface area contributed by atoms with Crippen molar-refractivity contribution in [2.45, 2.75) is 24.3 Å². The second-order valence-electron chi connectivity index (χ2n) is 5.13. The largest absolute Gasteiger partial charge is 0.466 e. The maximum absolute atomic E-state index is 12.0. The van der Waals surface area contributed by atoms with Gasteiger partial charge in [0.15, 0.2) is 9.84 Å². The molecule has 0 saturated carbocycles. The van der Waals surface area contributed by atoms with Crippen LogP contribution >= 0.6 is 0 Å². The van der Waals surface area contributed by atoms with Crippen LogP contribution in [-0.2, 0) is 21.1 Å². The SMILES string of the molecule is Cc1ccc(CC(=O)NC2CS(=O)(=O)c3ccccc32)o1. The lowest BCUT2D eigenvalue weighted by Gasteiger charge is -2.12. The predicted molar refractivity (Wildman–Crippen MR) is 76.5 cm³/mol. The van der Waals surface area contributed by atoms with Crippen LogP contribution in [-0.4, -0.2) is 20.1 Å². The summed E-state index contributed by atoms with van der Waals surface area (Å²) in [6.07, 6.45) is 0.104. The molecular formula is C15H15NO4S. The van der Waals surface area contributed by atoms with E-state index in [0.29, 0.717) is 16.2 Å². The molecule has 6 heteroatoms. The summed E-state index contributed by atoms with van der Waals surface area (Å²) < 4.78 is 29.4. The van der Waals surface area contributed by atoms with Crippen molar-refractivity contribution in [2.75, 3.05) is 5.75 Å². The summed E-state index contributed by atoms with van der Waals surface area (Å²) in [5.74, 6) is 0.974. The molecule has 1 aromatic heterocycles. The molecule has 2 aromatic rings. The van der Waals surface area contributed by atoms with E-state index in [1.807, 2.05) is 0 Å². The summed E-state index contributed by atoms with van der Waals surface area (Å²) in [5.41, 5.74) is 0.654. The third-order valence-corrected chi connectivity index (χ3v) is 5.30. The molecule has 0 saturated heterocycles. The standard InChI is InChI=1S/C15H15NO4S/c1-10-6-7-11(20-10)8-15(17)16-13-9-21(18,19)14-5-3-2-4-12(13)14/h2-7,13H,8-9H2,1H3,(H,16,17). The van der Waals surface area contributed by atoms with Crippen LogP contribution in [0.4, 0.5) is 0 Å². The molecule has 21 heavy (non-hydrogen) atoms. The topological polar surface area (TPSA) is 76.4 Å². The van der Waals surface area contributed by atoms with Gasteiger partial charge in [0.1, 0.15) is 11.5 Å². The number of carbonyl (C=O) groups excluding carboxylic acids is 1. The van der Waals surface area contributed by atoms with E-state index in [4.69, 9.17) is 4.42 Å². The van der Waals surface area contributed by atoms with E-state index in [-0.39, 0.29) is 18.1 Å². The Balaban J connectivity index is 1.76. The van der Waals surface area contributed by atoms with Gasteiger partial charge in [-0.1, -0.05) is 18.2 Å². The highest BCUT2D eigenvalue weighted by Gasteiger charge is 2.35. The van der Waals surface area contributed by atoms with Gasteiger partial charge in [0.25, 0.3) is 0 Å². The van der Waals surface area contributed by atoms with Crippen LogP contribution in [0.3, 0.4) is 0 Å². The van der Waals surface area contributed by atoms with Crippen molar-refractivity contribution >= 4 is 15.7 Å². The molecule has 1 aliphatic rings. The summed E-state index contributed by atoms with van der Waals surface area (Å²) in [7, 11) is -3.31. The van der Waals surface area contributed by atoms with Crippen LogP contribution < -0.4 is 5.32 Å². The first kappa shape index (κ1) is 13.9. The second-order valence-corrected chi connectivity index (χ2v) is 7.13. The fourth-order valence-electron chi connectivity index (χ4n) is 2.55. The first-order valence-corrected chi connectivity index (χ1v) is 8.27. The highest BCUT2D eigenvalue weighted by atomic mass is 32.2. The molecule has 5 nitrogen and oxygen atoms in total. The average Bonchev–Trinajstić information content (AvgIpc) is 2.93. The zero-order valence-corrected chi connectivity index (χ0v) is 12.3. The fraction of sp³-hybridized carbons (Fsp3) is 0.267. The minimum Gasteiger partial charge on any atom is -0.466 e. The Hall–Kier alpha value is -2.08. The maximum atomic E-state index is 12.0. The van der Waals surface area contributed by atoms with Crippen molar-refractivity contribution < 1.29 is 17.6 Å². The van der Waals surface area contributed by atoms with E-state index in [2.05, 4.69) is 5.32 Å². The van der Waals surface area contributed by atoms with Gasteiger partial charge in [-0.3, -0.25) is 4.79 Å². The van der Waals surface area contributed by atoms with Gasteiger partial charge in [-0.2, -0.15) is 0 Å². The molecule has 1 atom stereocenters. The molecule has 0 radical (unpaired) electrons. The van der Waals surface area contributed by atoms with Gasteiger partial charge in [0, 0.05) is 0 Å². The Morgan fingerprint density at radius 1 is 1.29 bits per heavy atom. The molecule has 1 aromatic carbocycles. The number of nitrogens with one attached hydrogen (secondary N) is 1. The van der Waals surface area contributed by atoms with Gasteiger partial charge in [-0.25, -0.2) is 8.42 Å². The highest BCUT2D eigenvalue weighted by molar-refractivity contribution is 7.91. The first-order valence-electron chi connectivity index (χ1n) is 6.62. The van der Waals surface area contributed by atoms with Crippen LogP contribution in [0.15, 0.2) is 45.7 Å². The molecule has 1 amide bonds. The Morgan fingerprint density at radius 2 is 2.05 bits per heavy atom. The van der Waals surface area contributed by atoms with Gasteiger partial charge >= 0.3 is 0 Å². The van der Waals surface area contributed by atoms with E-state index in [9.17, 15) is 13.2 Å². The number of amides is 1. The fourth-order valence-corrected chi connectivity index (χ4v) is 4.29. The number of furan rings is 1. The van der Waals surface area contributed by atoms with Gasteiger partial charge in [0.05, 0.1) is 23.1 Å². The number of hydrogen-bond donors (Lipinski definition) is 1. The average molecular weight is 305 g/mol. The summed E-state index contributed by atoms with van der Waals surface area (Å²) >= 11 is 0. The van der Waals surface area contributed by atoms with Gasteiger partial charge in [-0.15, -0.1) is 0 Å². The summed E-state index contributed by atoms with van der Waals surface area (Å²) in [6.45, 7) is 1.81. The molecule has 0 spiro atoms. The number of aryl methyl sites for hydroxylation is 1. The zero-order chi connectivity index (χ0) is 15.0. The van der Waals surface area contributed by atoms with Crippen molar-refractivity contribution in [2.24, 2.45) is 0 Å². The number of sulfone groups is 1. The zero-order valence-electron chi connectivity index (χ0n) is 11.5. The van der Waals surface area contributed by atoms with Crippen LogP contribution in [0.1, 0.15) is 23.1 Å². The summed E-state index contributed by atoms with van der Waals surface area (Å²) in [4.78, 5) is 12.3. The lowest BCUT2D eigenvalue weighted by atomic mass is 10.1. The maximum Gasteiger partial charge on any atom is 0.228 e. The molecule has 0 bridgehead atoms. The lowest BCUT2D eigenvalue weighted by Crippen LogP contribution is -2.30. The van der Waals surface area contributed by atoms with Crippen molar-refractivity contribution in [1.82, 2.24) is 5.32 Å². The molecule has 1 aliphatic heterocycles. The van der Waals surface area contributed by atoms with E-state index in [1.54, 1.807) is 43.3 Å².